The minimum Gasteiger partial charge on any atom is -0.506 e. The van der Waals surface area contributed by atoms with Gasteiger partial charge in [-0.1, -0.05) is 23.2 Å². The Labute approximate surface area is 151 Å². The van der Waals surface area contributed by atoms with Crippen molar-refractivity contribution >= 4 is 40.5 Å². The van der Waals surface area contributed by atoms with Crippen molar-refractivity contribution in [3.8, 4) is 0 Å². The summed E-state index contributed by atoms with van der Waals surface area (Å²) in [6.07, 6.45) is 3.38. The standard InChI is InChI=1S/C18H19Cl2NO3/c1-21(10-5-6-10)9-12-13(19)8-7-11(17(12)20)18(24)16-14(22)3-2-4-15(16)23/h7-8,10,24H,2-6,9H2,1H3. The highest BCUT2D eigenvalue weighted by molar-refractivity contribution is 6.37. The molecule has 24 heavy (non-hydrogen) atoms. The monoisotopic (exact) mass is 367 g/mol. The van der Waals surface area contributed by atoms with E-state index in [1.54, 1.807) is 12.1 Å². The highest BCUT2D eigenvalue weighted by Gasteiger charge is 2.30. The molecule has 0 amide bonds. The van der Waals surface area contributed by atoms with Gasteiger partial charge in [0.2, 0.25) is 0 Å². The molecule has 0 atom stereocenters. The van der Waals surface area contributed by atoms with Crippen molar-refractivity contribution in [3.05, 3.63) is 38.9 Å². The maximum atomic E-state index is 12.0. The first-order valence-electron chi connectivity index (χ1n) is 8.07. The van der Waals surface area contributed by atoms with Crippen LogP contribution in [0.5, 0.6) is 0 Å². The molecule has 0 unspecified atom stereocenters. The van der Waals surface area contributed by atoms with Crippen LogP contribution in [0.1, 0.15) is 43.2 Å². The van der Waals surface area contributed by atoms with E-state index in [1.807, 2.05) is 7.05 Å². The lowest BCUT2D eigenvalue weighted by Crippen LogP contribution is -2.21. The van der Waals surface area contributed by atoms with E-state index < -0.39 is 0 Å². The summed E-state index contributed by atoms with van der Waals surface area (Å²) in [5.41, 5.74) is 0.860. The number of nitrogens with zero attached hydrogens (tertiary/aromatic N) is 1. The summed E-state index contributed by atoms with van der Waals surface area (Å²) in [5, 5.41) is 11.3. The number of benzene rings is 1. The average Bonchev–Trinajstić information content (AvgIpc) is 3.35. The number of hydrogen-bond donors (Lipinski definition) is 1. The number of hydrogen-bond acceptors (Lipinski definition) is 4. The Kier molecular flexibility index (Phi) is 5.00. The molecule has 1 N–H and O–H groups in total. The third kappa shape index (κ3) is 3.37. The SMILES string of the molecule is CN(Cc1c(Cl)ccc(C(O)=C2C(=O)CCCC2=O)c1Cl)C1CC1. The summed E-state index contributed by atoms with van der Waals surface area (Å²) in [7, 11) is 2.00. The number of aliphatic hydroxyl groups is 1. The number of aliphatic hydroxyl groups excluding tert-OH is 1. The van der Waals surface area contributed by atoms with Crippen molar-refractivity contribution in [1.29, 1.82) is 0 Å². The van der Waals surface area contributed by atoms with Gasteiger partial charge >= 0.3 is 0 Å². The van der Waals surface area contributed by atoms with E-state index in [0.717, 1.165) is 12.8 Å². The third-order valence-electron chi connectivity index (χ3n) is 4.62. The molecule has 6 heteroatoms. The van der Waals surface area contributed by atoms with E-state index in [1.165, 1.54) is 0 Å². The number of Topliss-reactive ketones (excluding diaryl/α,β-unsaturated/α-hetero) is 2. The molecule has 0 aromatic heterocycles. The Hall–Kier alpha value is -1.36. The zero-order valence-corrected chi connectivity index (χ0v) is 15.0. The van der Waals surface area contributed by atoms with Crippen molar-refractivity contribution in [1.82, 2.24) is 4.90 Å². The van der Waals surface area contributed by atoms with Gasteiger partial charge in [0.15, 0.2) is 11.6 Å². The van der Waals surface area contributed by atoms with E-state index >= 15 is 0 Å². The van der Waals surface area contributed by atoms with E-state index in [-0.39, 0.29) is 35.7 Å². The quantitative estimate of drug-likeness (QED) is 0.492. The number of ketones is 2. The molecule has 2 aliphatic carbocycles. The van der Waals surface area contributed by atoms with E-state index in [0.29, 0.717) is 40.2 Å². The molecule has 0 aliphatic heterocycles. The number of rotatable bonds is 4. The Balaban J connectivity index is 2.01. The molecule has 3 rings (SSSR count). The number of carbonyl (C=O) groups excluding carboxylic acids is 2. The molecule has 0 radical (unpaired) electrons. The predicted molar refractivity (Wildman–Crippen MR) is 94.4 cm³/mol. The Morgan fingerprint density at radius 1 is 1.21 bits per heavy atom. The summed E-state index contributed by atoms with van der Waals surface area (Å²) in [5.74, 6) is -0.987. The maximum Gasteiger partial charge on any atom is 0.170 e. The second kappa shape index (κ2) is 6.87. The number of carbonyl (C=O) groups is 2. The van der Waals surface area contributed by atoms with Crippen LogP contribution in [0.25, 0.3) is 5.76 Å². The molecule has 4 nitrogen and oxygen atoms in total. The van der Waals surface area contributed by atoms with Crippen molar-refractivity contribution in [2.24, 2.45) is 0 Å². The Morgan fingerprint density at radius 2 is 1.83 bits per heavy atom. The minimum atomic E-state index is -0.332. The zero-order valence-electron chi connectivity index (χ0n) is 13.4. The van der Waals surface area contributed by atoms with Gasteiger partial charge in [0.1, 0.15) is 11.3 Å². The fraction of sp³-hybridized carbons (Fsp3) is 0.444. The summed E-state index contributed by atoms with van der Waals surface area (Å²) in [4.78, 5) is 26.2. The Bertz CT molecular complexity index is 720. The van der Waals surface area contributed by atoms with Gasteiger partial charge < -0.3 is 5.11 Å². The van der Waals surface area contributed by atoms with Gasteiger partial charge in [-0.25, -0.2) is 0 Å². The van der Waals surface area contributed by atoms with Crippen LogP contribution in [-0.2, 0) is 16.1 Å². The fourth-order valence-corrected chi connectivity index (χ4v) is 3.61. The van der Waals surface area contributed by atoms with Crippen LogP contribution in [0.4, 0.5) is 0 Å². The lowest BCUT2D eigenvalue weighted by atomic mass is 9.89. The first-order valence-corrected chi connectivity index (χ1v) is 8.83. The van der Waals surface area contributed by atoms with Gasteiger partial charge in [0.05, 0.1) is 5.02 Å². The summed E-state index contributed by atoms with van der Waals surface area (Å²) < 4.78 is 0. The van der Waals surface area contributed by atoms with Crippen molar-refractivity contribution < 1.29 is 14.7 Å². The van der Waals surface area contributed by atoms with Crippen molar-refractivity contribution in [3.63, 3.8) is 0 Å². The molecule has 128 valence electrons. The molecule has 0 saturated heterocycles. The predicted octanol–water partition coefficient (Wildman–Crippen LogP) is 4.18. The lowest BCUT2D eigenvalue weighted by molar-refractivity contribution is -0.123. The molecular weight excluding hydrogens is 349 g/mol. The third-order valence-corrected chi connectivity index (χ3v) is 5.41. The van der Waals surface area contributed by atoms with Gasteiger partial charge in [0.25, 0.3) is 0 Å². The van der Waals surface area contributed by atoms with Crippen molar-refractivity contribution in [2.45, 2.75) is 44.7 Å². The van der Waals surface area contributed by atoms with Crippen molar-refractivity contribution in [2.75, 3.05) is 7.05 Å². The normalized spacial score (nSPS) is 18.4. The molecule has 0 heterocycles. The second-order valence-corrected chi connectivity index (χ2v) is 7.24. The van der Waals surface area contributed by atoms with Gasteiger partial charge in [-0.05, 0) is 38.4 Å². The zero-order chi connectivity index (χ0) is 17.4. The van der Waals surface area contributed by atoms with Crippen LogP contribution in [0.2, 0.25) is 10.0 Å². The summed E-state index contributed by atoms with van der Waals surface area (Å²) in [6.45, 7) is 0.556. The van der Waals surface area contributed by atoms with E-state index in [4.69, 9.17) is 23.2 Å². The van der Waals surface area contributed by atoms with Crippen LogP contribution in [0.3, 0.4) is 0 Å². The highest BCUT2D eigenvalue weighted by Crippen LogP contribution is 2.36. The van der Waals surface area contributed by atoms with Gasteiger partial charge in [0, 0.05) is 41.6 Å². The van der Waals surface area contributed by atoms with Crippen LogP contribution in [0, 0.1) is 0 Å². The van der Waals surface area contributed by atoms with Crippen LogP contribution >= 0.6 is 23.2 Å². The maximum absolute atomic E-state index is 12.0. The highest BCUT2D eigenvalue weighted by atomic mass is 35.5. The second-order valence-electron chi connectivity index (χ2n) is 6.46. The molecule has 1 aromatic rings. The minimum absolute atomic E-state index is 0.132. The number of halogens is 2. The lowest BCUT2D eigenvalue weighted by Gasteiger charge is -2.20. The largest absolute Gasteiger partial charge is 0.506 e. The molecule has 2 aliphatic rings. The van der Waals surface area contributed by atoms with Gasteiger partial charge in [-0.3, -0.25) is 14.5 Å². The Morgan fingerprint density at radius 3 is 2.42 bits per heavy atom. The first-order chi connectivity index (χ1) is 11.4. The molecule has 1 aromatic carbocycles. The summed E-state index contributed by atoms with van der Waals surface area (Å²) in [6, 6.07) is 3.74. The average molecular weight is 368 g/mol. The first kappa shape index (κ1) is 17.5. The molecule has 0 spiro atoms. The van der Waals surface area contributed by atoms with Crippen LogP contribution in [0.15, 0.2) is 17.7 Å². The van der Waals surface area contributed by atoms with Crippen LogP contribution < -0.4 is 0 Å². The van der Waals surface area contributed by atoms with E-state index in [9.17, 15) is 14.7 Å². The summed E-state index contributed by atoms with van der Waals surface area (Å²) >= 11 is 12.7. The van der Waals surface area contributed by atoms with Crippen LogP contribution in [-0.4, -0.2) is 34.7 Å². The smallest absolute Gasteiger partial charge is 0.170 e. The molecule has 0 bridgehead atoms. The number of allylic oxidation sites excluding steroid dienone is 1. The molecular formula is C18H19Cl2NO3. The van der Waals surface area contributed by atoms with Gasteiger partial charge in [-0.2, -0.15) is 0 Å². The molecule has 2 fully saturated rings. The molecule has 2 saturated carbocycles. The topological polar surface area (TPSA) is 57.6 Å². The fourth-order valence-electron chi connectivity index (χ4n) is 3.03. The van der Waals surface area contributed by atoms with E-state index in [2.05, 4.69) is 4.90 Å². The van der Waals surface area contributed by atoms with Gasteiger partial charge in [-0.15, -0.1) is 0 Å².